The summed E-state index contributed by atoms with van der Waals surface area (Å²) >= 11 is 0. The van der Waals surface area contributed by atoms with Crippen LogP contribution in [0.1, 0.15) is 15.9 Å². The molecule has 110 valence electrons. The van der Waals surface area contributed by atoms with Gasteiger partial charge in [0.2, 0.25) is 10.0 Å². The van der Waals surface area contributed by atoms with Crippen molar-refractivity contribution in [2.75, 3.05) is 5.32 Å². The molecule has 2 rings (SSSR count). The van der Waals surface area contributed by atoms with Gasteiger partial charge in [0.1, 0.15) is 5.82 Å². The lowest BCUT2D eigenvalue weighted by molar-refractivity contribution is 0.102. The van der Waals surface area contributed by atoms with Crippen LogP contribution in [0.3, 0.4) is 0 Å². The summed E-state index contributed by atoms with van der Waals surface area (Å²) in [6.45, 7) is 1.55. The molecule has 0 aliphatic heterocycles. The van der Waals surface area contributed by atoms with Crippen molar-refractivity contribution in [1.29, 1.82) is 0 Å². The molecule has 0 spiro atoms. The zero-order valence-corrected chi connectivity index (χ0v) is 11.9. The third-order valence-electron chi connectivity index (χ3n) is 2.86. The SMILES string of the molecule is Cc1cc(NC(=O)c2ccccc2F)ccc1S(N)(=O)=O. The van der Waals surface area contributed by atoms with Crippen LogP contribution in [-0.4, -0.2) is 14.3 Å². The minimum absolute atomic E-state index is 0.0219. The number of hydrogen-bond donors (Lipinski definition) is 2. The first kappa shape index (κ1) is 15.1. The largest absolute Gasteiger partial charge is 0.322 e. The van der Waals surface area contributed by atoms with Gasteiger partial charge in [-0.25, -0.2) is 17.9 Å². The smallest absolute Gasteiger partial charge is 0.258 e. The minimum atomic E-state index is -3.81. The fourth-order valence-corrected chi connectivity index (χ4v) is 2.66. The van der Waals surface area contributed by atoms with Crippen LogP contribution in [0, 0.1) is 12.7 Å². The molecule has 3 N–H and O–H groups in total. The van der Waals surface area contributed by atoms with Gasteiger partial charge in [-0.3, -0.25) is 4.79 Å². The van der Waals surface area contributed by atoms with E-state index in [1.807, 2.05) is 0 Å². The molecule has 1 amide bonds. The van der Waals surface area contributed by atoms with Crippen molar-refractivity contribution in [3.63, 3.8) is 0 Å². The molecule has 21 heavy (non-hydrogen) atoms. The van der Waals surface area contributed by atoms with Gasteiger partial charge < -0.3 is 5.32 Å². The van der Waals surface area contributed by atoms with Gasteiger partial charge in [0.25, 0.3) is 5.91 Å². The summed E-state index contributed by atoms with van der Waals surface area (Å²) in [5.41, 5.74) is 0.655. The topological polar surface area (TPSA) is 89.3 Å². The van der Waals surface area contributed by atoms with Gasteiger partial charge in [0, 0.05) is 5.69 Å². The zero-order chi connectivity index (χ0) is 15.6. The highest BCUT2D eigenvalue weighted by Gasteiger charge is 2.14. The van der Waals surface area contributed by atoms with Crippen LogP contribution in [-0.2, 0) is 10.0 Å². The van der Waals surface area contributed by atoms with E-state index in [2.05, 4.69) is 5.32 Å². The van der Waals surface area contributed by atoms with Crippen LogP contribution in [0.4, 0.5) is 10.1 Å². The number of nitrogens with one attached hydrogen (secondary N) is 1. The van der Waals surface area contributed by atoms with Crippen molar-refractivity contribution >= 4 is 21.6 Å². The second-order valence-corrected chi connectivity index (χ2v) is 5.99. The normalized spacial score (nSPS) is 11.2. The molecule has 5 nitrogen and oxygen atoms in total. The Labute approximate surface area is 121 Å². The van der Waals surface area contributed by atoms with Gasteiger partial charge in [0.15, 0.2) is 0 Å². The third-order valence-corrected chi connectivity index (χ3v) is 3.93. The number of carbonyl (C=O) groups excluding carboxylic acids is 1. The molecule has 0 unspecified atom stereocenters. The van der Waals surface area contributed by atoms with Crippen molar-refractivity contribution in [3.8, 4) is 0 Å². The quantitative estimate of drug-likeness (QED) is 0.909. The van der Waals surface area contributed by atoms with Gasteiger partial charge in [0.05, 0.1) is 10.5 Å². The van der Waals surface area contributed by atoms with E-state index < -0.39 is 21.7 Å². The van der Waals surface area contributed by atoms with Crippen molar-refractivity contribution in [2.24, 2.45) is 5.14 Å². The minimum Gasteiger partial charge on any atom is -0.322 e. The Morgan fingerprint density at radius 3 is 2.43 bits per heavy atom. The molecular formula is C14H13FN2O3S. The molecule has 0 aliphatic carbocycles. The van der Waals surface area contributed by atoms with Crippen LogP contribution in [0.2, 0.25) is 0 Å². The molecular weight excluding hydrogens is 295 g/mol. The van der Waals surface area contributed by atoms with E-state index in [1.165, 1.54) is 36.4 Å². The van der Waals surface area contributed by atoms with Crippen LogP contribution in [0.15, 0.2) is 47.4 Å². The monoisotopic (exact) mass is 308 g/mol. The van der Waals surface area contributed by atoms with E-state index in [4.69, 9.17) is 5.14 Å². The molecule has 0 bridgehead atoms. The highest BCUT2D eigenvalue weighted by atomic mass is 32.2. The van der Waals surface area contributed by atoms with Crippen LogP contribution >= 0.6 is 0 Å². The molecule has 0 heterocycles. The summed E-state index contributed by atoms with van der Waals surface area (Å²) in [6, 6.07) is 9.72. The first-order chi connectivity index (χ1) is 9.79. The summed E-state index contributed by atoms with van der Waals surface area (Å²) in [5.74, 6) is -1.25. The highest BCUT2D eigenvalue weighted by Crippen LogP contribution is 2.19. The molecule has 0 radical (unpaired) electrons. The number of amides is 1. The van der Waals surface area contributed by atoms with E-state index in [1.54, 1.807) is 13.0 Å². The number of sulfonamides is 1. The van der Waals surface area contributed by atoms with Crippen molar-refractivity contribution in [1.82, 2.24) is 0 Å². The van der Waals surface area contributed by atoms with Crippen LogP contribution < -0.4 is 10.5 Å². The Balaban J connectivity index is 2.27. The van der Waals surface area contributed by atoms with E-state index in [0.29, 0.717) is 11.3 Å². The molecule has 0 saturated heterocycles. The Kier molecular flexibility index (Phi) is 4.06. The van der Waals surface area contributed by atoms with E-state index in [0.717, 1.165) is 0 Å². The molecule has 7 heteroatoms. The number of rotatable bonds is 3. The number of halogens is 1. The fourth-order valence-electron chi connectivity index (χ4n) is 1.89. The van der Waals surface area contributed by atoms with Crippen molar-refractivity contribution in [3.05, 3.63) is 59.4 Å². The lowest BCUT2D eigenvalue weighted by atomic mass is 10.2. The first-order valence-electron chi connectivity index (χ1n) is 5.98. The number of primary sulfonamides is 1. The highest BCUT2D eigenvalue weighted by molar-refractivity contribution is 7.89. The average molecular weight is 308 g/mol. The Morgan fingerprint density at radius 2 is 1.86 bits per heavy atom. The zero-order valence-electron chi connectivity index (χ0n) is 11.1. The third kappa shape index (κ3) is 3.45. The lowest BCUT2D eigenvalue weighted by Crippen LogP contribution is -2.16. The van der Waals surface area contributed by atoms with E-state index >= 15 is 0 Å². The van der Waals surface area contributed by atoms with E-state index in [-0.39, 0.29) is 10.5 Å². The summed E-state index contributed by atoms with van der Waals surface area (Å²) in [6.07, 6.45) is 0. The summed E-state index contributed by atoms with van der Waals surface area (Å²) in [7, 11) is -3.81. The van der Waals surface area contributed by atoms with Crippen molar-refractivity contribution in [2.45, 2.75) is 11.8 Å². The Hall–Kier alpha value is -2.25. The lowest BCUT2D eigenvalue weighted by Gasteiger charge is -2.09. The summed E-state index contributed by atoms with van der Waals surface area (Å²) in [5, 5.41) is 7.56. The van der Waals surface area contributed by atoms with Gasteiger partial charge in [-0.15, -0.1) is 0 Å². The maximum absolute atomic E-state index is 13.5. The predicted octanol–water partition coefficient (Wildman–Crippen LogP) is 2.03. The molecule has 0 atom stereocenters. The summed E-state index contributed by atoms with van der Waals surface area (Å²) in [4.78, 5) is 11.9. The van der Waals surface area contributed by atoms with E-state index in [9.17, 15) is 17.6 Å². The number of carbonyl (C=O) groups is 1. The Morgan fingerprint density at radius 1 is 1.19 bits per heavy atom. The molecule has 0 aromatic heterocycles. The van der Waals surface area contributed by atoms with Gasteiger partial charge in [-0.1, -0.05) is 12.1 Å². The maximum Gasteiger partial charge on any atom is 0.258 e. The second-order valence-electron chi connectivity index (χ2n) is 4.46. The van der Waals surface area contributed by atoms with Gasteiger partial charge >= 0.3 is 0 Å². The molecule has 0 aliphatic rings. The molecule has 0 saturated carbocycles. The fraction of sp³-hybridized carbons (Fsp3) is 0.0714. The number of benzene rings is 2. The molecule has 2 aromatic carbocycles. The number of hydrogen-bond acceptors (Lipinski definition) is 3. The van der Waals surface area contributed by atoms with Crippen LogP contribution in [0.25, 0.3) is 0 Å². The Bertz CT molecular complexity index is 804. The first-order valence-corrected chi connectivity index (χ1v) is 7.53. The van der Waals surface area contributed by atoms with Crippen LogP contribution in [0.5, 0.6) is 0 Å². The molecule has 2 aromatic rings. The van der Waals surface area contributed by atoms with Gasteiger partial charge in [-0.05, 0) is 42.8 Å². The number of anilines is 1. The average Bonchev–Trinajstić information content (AvgIpc) is 2.37. The predicted molar refractivity (Wildman–Crippen MR) is 76.9 cm³/mol. The van der Waals surface area contributed by atoms with Crippen molar-refractivity contribution < 1.29 is 17.6 Å². The summed E-state index contributed by atoms with van der Waals surface area (Å²) < 4.78 is 36.1. The van der Waals surface area contributed by atoms with Gasteiger partial charge in [-0.2, -0.15) is 0 Å². The number of nitrogens with two attached hydrogens (primary N) is 1. The number of aryl methyl sites for hydroxylation is 1. The maximum atomic E-state index is 13.5. The standard InChI is InChI=1S/C14H13FN2O3S/c1-9-8-10(6-7-13(9)21(16,19)20)17-14(18)11-4-2-3-5-12(11)15/h2-8H,1H3,(H,17,18)(H2,16,19,20). The second kappa shape index (κ2) is 5.63. The molecule has 0 fully saturated rings.